The van der Waals surface area contributed by atoms with Crippen LogP contribution in [-0.4, -0.2) is 18.0 Å². The fourth-order valence-electron chi connectivity index (χ4n) is 2.59. The molecule has 1 aromatic carbocycles. The van der Waals surface area contributed by atoms with Gasteiger partial charge in [-0.3, -0.25) is 4.90 Å². The van der Waals surface area contributed by atoms with E-state index in [0.29, 0.717) is 6.04 Å². The summed E-state index contributed by atoms with van der Waals surface area (Å²) in [5, 5.41) is 0. The maximum Gasteiger partial charge on any atom is 0.0531 e. The van der Waals surface area contributed by atoms with E-state index >= 15 is 0 Å². The van der Waals surface area contributed by atoms with Gasteiger partial charge in [-0.1, -0.05) is 43.7 Å². The Bertz CT molecular complexity index is 375. The Morgan fingerprint density at radius 1 is 1.17 bits per heavy atom. The van der Waals surface area contributed by atoms with Crippen molar-refractivity contribution in [3.05, 3.63) is 47.5 Å². The maximum atomic E-state index is 4.04. The summed E-state index contributed by atoms with van der Waals surface area (Å²) in [5.41, 5.74) is 4.10. The van der Waals surface area contributed by atoms with Gasteiger partial charge in [0.1, 0.15) is 0 Å². The minimum atomic E-state index is 0.352. The summed E-state index contributed by atoms with van der Waals surface area (Å²) in [6.07, 6.45) is 4.47. The molecule has 0 saturated carbocycles. The molecule has 1 aromatic rings. The molecule has 1 rings (SSSR count). The number of hydrogen-bond donors (Lipinski definition) is 0. The van der Waals surface area contributed by atoms with E-state index in [1.54, 1.807) is 0 Å². The minimum absolute atomic E-state index is 0.352. The van der Waals surface area contributed by atoms with Crippen LogP contribution in [0, 0.1) is 13.8 Å². The summed E-state index contributed by atoms with van der Waals surface area (Å²) in [6.45, 7) is 15.2. The summed E-state index contributed by atoms with van der Waals surface area (Å²) in [5.74, 6) is 0. The highest BCUT2D eigenvalue weighted by Gasteiger charge is 2.17. The molecular formula is C17H27N. The van der Waals surface area contributed by atoms with E-state index in [1.165, 1.54) is 29.5 Å². The second-order valence-corrected chi connectivity index (χ2v) is 5.08. The average molecular weight is 245 g/mol. The molecule has 100 valence electrons. The zero-order valence-corrected chi connectivity index (χ0v) is 12.4. The topological polar surface area (TPSA) is 3.24 Å². The van der Waals surface area contributed by atoms with Crippen molar-refractivity contribution in [1.82, 2.24) is 4.90 Å². The highest BCUT2D eigenvalue weighted by molar-refractivity contribution is 5.34. The molecule has 0 aliphatic rings. The van der Waals surface area contributed by atoms with Gasteiger partial charge in [0.15, 0.2) is 0 Å². The average Bonchev–Trinajstić information content (AvgIpc) is 2.33. The molecule has 0 N–H and O–H groups in total. The van der Waals surface area contributed by atoms with Crippen LogP contribution in [0.1, 0.15) is 49.4 Å². The maximum absolute atomic E-state index is 4.04. The van der Waals surface area contributed by atoms with E-state index in [9.17, 15) is 0 Å². The lowest BCUT2D eigenvalue weighted by molar-refractivity contribution is 0.231. The number of nitrogens with zero attached hydrogens (tertiary/aromatic N) is 1. The van der Waals surface area contributed by atoms with Crippen LogP contribution < -0.4 is 0 Å². The van der Waals surface area contributed by atoms with E-state index in [1.807, 2.05) is 0 Å². The molecule has 1 atom stereocenters. The van der Waals surface area contributed by atoms with Crippen LogP contribution in [0.2, 0.25) is 0 Å². The number of benzene rings is 1. The fourth-order valence-corrected chi connectivity index (χ4v) is 2.59. The Morgan fingerprint density at radius 2 is 1.78 bits per heavy atom. The lowest BCUT2D eigenvalue weighted by atomic mass is 9.97. The van der Waals surface area contributed by atoms with Gasteiger partial charge in [-0.15, -0.1) is 6.58 Å². The number of hydrogen-bond acceptors (Lipinski definition) is 1. The second-order valence-electron chi connectivity index (χ2n) is 5.08. The van der Waals surface area contributed by atoms with Gasteiger partial charge in [-0.25, -0.2) is 0 Å². The summed E-state index contributed by atoms with van der Waals surface area (Å²) < 4.78 is 0. The Kier molecular flexibility index (Phi) is 6.14. The van der Waals surface area contributed by atoms with E-state index < -0.39 is 0 Å². The van der Waals surface area contributed by atoms with Gasteiger partial charge in [0.25, 0.3) is 0 Å². The van der Waals surface area contributed by atoms with Gasteiger partial charge in [0.05, 0.1) is 6.04 Å². The first-order chi connectivity index (χ1) is 8.63. The molecule has 0 fully saturated rings. The molecule has 0 bridgehead atoms. The SMILES string of the molecule is C=CC(c1ccc(C)cc1C)N(CCC)CCC. The number of aryl methyl sites for hydroxylation is 2. The molecule has 1 heteroatoms. The molecule has 1 nitrogen and oxygen atoms in total. The largest absolute Gasteiger partial charge is 0.293 e. The molecule has 0 saturated heterocycles. The van der Waals surface area contributed by atoms with Crippen molar-refractivity contribution in [2.24, 2.45) is 0 Å². The molecule has 0 heterocycles. The monoisotopic (exact) mass is 245 g/mol. The zero-order valence-electron chi connectivity index (χ0n) is 12.4. The molecule has 0 radical (unpaired) electrons. The van der Waals surface area contributed by atoms with Crippen molar-refractivity contribution in [3.63, 3.8) is 0 Å². The summed E-state index contributed by atoms with van der Waals surface area (Å²) in [6, 6.07) is 7.08. The molecule has 0 amide bonds. The summed E-state index contributed by atoms with van der Waals surface area (Å²) in [4.78, 5) is 2.53. The third-order valence-electron chi connectivity index (χ3n) is 3.38. The highest BCUT2D eigenvalue weighted by atomic mass is 15.1. The molecule has 0 aliphatic carbocycles. The molecule has 1 unspecified atom stereocenters. The Balaban J connectivity index is 3.02. The van der Waals surface area contributed by atoms with Crippen molar-refractivity contribution in [3.8, 4) is 0 Å². The molecule has 0 spiro atoms. The Hall–Kier alpha value is -1.08. The van der Waals surface area contributed by atoms with Crippen molar-refractivity contribution >= 4 is 0 Å². The lowest BCUT2D eigenvalue weighted by Gasteiger charge is -2.30. The summed E-state index contributed by atoms with van der Waals surface area (Å²) in [7, 11) is 0. The Labute approximate surface area is 113 Å². The van der Waals surface area contributed by atoms with Gasteiger partial charge >= 0.3 is 0 Å². The van der Waals surface area contributed by atoms with Crippen LogP contribution in [0.4, 0.5) is 0 Å². The highest BCUT2D eigenvalue weighted by Crippen LogP contribution is 2.26. The van der Waals surface area contributed by atoms with Crippen LogP contribution in [-0.2, 0) is 0 Å². The van der Waals surface area contributed by atoms with Crippen molar-refractivity contribution in [2.45, 2.75) is 46.6 Å². The van der Waals surface area contributed by atoms with Gasteiger partial charge in [-0.2, -0.15) is 0 Å². The van der Waals surface area contributed by atoms with Crippen molar-refractivity contribution in [2.75, 3.05) is 13.1 Å². The first-order valence-corrected chi connectivity index (χ1v) is 7.07. The lowest BCUT2D eigenvalue weighted by Crippen LogP contribution is -2.29. The van der Waals surface area contributed by atoms with Crippen LogP contribution in [0.25, 0.3) is 0 Å². The van der Waals surface area contributed by atoms with Crippen LogP contribution in [0.15, 0.2) is 30.9 Å². The Morgan fingerprint density at radius 3 is 2.22 bits per heavy atom. The quantitative estimate of drug-likeness (QED) is 0.632. The van der Waals surface area contributed by atoms with E-state index in [-0.39, 0.29) is 0 Å². The summed E-state index contributed by atoms with van der Waals surface area (Å²) >= 11 is 0. The predicted molar refractivity (Wildman–Crippen MR) is 81.0 cm³/mol. The van der Waals surface area contributed by atoms with E-state index in [4.69, 9.17) is 0 Å². The van der Waals surface area contributed by atoms with Gasteiger partial charge in [0, 0.05) is 0 Å². The van der Waals surface area contributed by atoms with Gasteiger partial charge in [0.2, 0.25) is 0 Å². The molecule has 0 aromatic heterocycles. The third kappa shape index (κ3) is 3.71. The van der Waals surface area contributed by atoms with Gasteiger partial charge in [-0.05, 0) is 50.9 Å². The third-order valence-corrected chi connectivity index (χ3v) is 3.38. The zero-order chi connectivity index (χ0) is 13.5. The van der Waals surface area contributed by atoms with Gasteiger partial charge < -0.3 is 0 Å². The first-order valence-electron chi connectivity index (χ1n) is 7.07. The standard InChI is InChI=1S/C17H27N/c1-6-11-18(12-7-2)17(8-3)16-10-9-14(4)13-15(16)5/h8-10,13,17H,3,6-7,11-12H2,1-2,4-5H3. The predicted octanol–water partition coefficient (Wildman–Crippen LogP) is 4.65. The fraction of sp³-hybridized carbons (Fsp3) is 0.529. The minimum Gasteiger partial charge on any atom is -0.293 e. The van der Waals surface area contributed by atoms with Crippen LogP contribution >= 0.6 is 0 Å². The van der Waals surface area contributed by atoms with E-state index in [0.717, 1.165) is 13.1 Å². The van der Waals surface area contributed by atoms with Crippen LogP contribution in [0.3, 0.4) is 0 Å². The molecule has 0 aliphatic heterocycles. The second kappa shape index (κ2) is 7.38. The normalized spacial score (nSPS) is 12.7. The van der Waals surface area contributed by atoms with Crippen molar-refractivity contribution in [1.29, 1.82) is 0 Å². The van der Waals surface area contributed by atoms with Crippen molar-refractivity contribution < 1.29 is 0 Å². The number of rotatable bonds is 7. The smallest absolute Gasteiger partial charge is 0.0531 e. The first kappa shape index (κ1) is 15.0. The molecule has 18 heavy (non-hydrogen) atoms. The van der Waals surface area contributed by atoms with E-state index in [2.05, 4.69) is 63.4 Å². The molecular weight excluding hydrogens is 218 g/mol. The van der Waals surface area contributed by atoms with Crippen LogP contribution in [0.5, 0.6) is 0 Å².